The molecule has 3 rings (SSSR count). The summed E-state index contributed by atoms with van der Waals surface area (Å²) in [5, 5.41) is 1.15. The first-order valence-corrected chi connectivity index (χ1v) is 10.4. The Labute approximate surface area is 164 Å². The van der Waals surface area contributed by atoms with Gasteiger partial charge in [-0.1, -0.05) is 54.6 Å². The van der Waals surface area contributed by atoms with Crippen LogP contribution in [0.1, 0.15) is 33.4 Å². The molecule has 0 aliphatic rings. The van der Waals surface area contributed by atoms with Gasteiger partial charge in [-0.15, -0.1) is 0 Å². The molecular weight excluding hydrogens is 351 g/mol. The molecule has 2 nitrogen and oxygen atoms in total. The normalized spacial score (nSPS) is 10.9. The van der Waals surface area contributed by atoms with Gasteiger partial charge in [0.2, 0.25) is 0 Å². The predicted molar refractivity (Wildman–Crippen MR) is 116 cm³/mol. The third-order valence-corrected chi connectivity index (χ3v) is 6.56. The lowest BCUT2D eigenvalue weighted by atomic mass is 10.1. The van der Waals surface area contributed by atoms with Crippen molar-refractivity contribution in [1.29, 1.82) is 0 Å². The first-order valence-electron chi connectivity index (χ1n) is 9.23. The Morgan fingerprint density at radius 2 is 0.778 bits per heavy atom. The third-order valence-electron chi connectivity index (χ3n) is 4.79. The van der Waals surface area contributed by atoms with Crippen molar-refractivity contribution in [2.45, 2.75) is 41.5 Å². The van der Waals surface area contributed by atoms with E-state index in [1.54, 1.807) is 0 Å². The van der Waals surface area contributed by atoms with E-state index < -0.39 is 8.38 Å². The van der Waals surface area contributed by atoms with Crippen molar-refractivity contribution in [2.75, 3.05) is 0 Å². The number of benzene rings is 3. The average Bonchev–Trinajstić information content (AvgIpc) is 2.60. The van der Waals surface area contributed by atoms with Gasteiger partial charge in [0.15, 0.2) is 0 Å². The Hall–Kier alpha value is -2.31. The quantitative estimate of drug-likeness (QED) is 0.464. The summed E-state index contributed by atoms with van der Waals surface area (Å²) in [6.45, 7) is 12.6. The van der Waals surface area contributed by atoms with Gasteiger partial charge < -0.3 is 9.05 Å². The largest absolute Gasteiger partial charge is 0.435 e. The Morgan fingerprint density at radius 1 is 0.481 bits per heavy atom. The lowest BCUT2D eigenvalue weighted by Crippen LogP contribution is -2.17. The molecule has 3 aromatic rings. The van der Waals surface area contributed by atoms with Crippen LogP contribution < -0.4 is 14.4 Å². The van der Waals surface area contributed by atoms with Crippen LogP contribution in [0.2, 0.25) is 0 Å². The molecule has 0 amide bonds. The van der Waals surface area contributed by atoms with Crippen molar-refractivity contribution in [1.82, 2.24) is 0 Å². The fraction of sp³-hybridized carbons (Fsp3) is 0.250. The second-order valence-corrected chi connectivity index (χ2v) is 8.45. The summed E-state index contributed by atoms with van der Waals surface area (Å²) in [6.07, 6.45) is 0. The van der Waals surface area contributed by atoms with Crippen LogP contribution in [0.3, 0.4) is 0 Å². The van der Waals surface area contributed by atoms with E-state index in [2.05, 4.69) is 96.1 Å². The molecule has 0 saturated heterocycles. The molecule has 0 fully saturated rings. The smallest absolute Gasteiger partial charge is 0.326 e. The molecule has 0 bridgehead atoms. The van der Waals surface area contributed by atoms with Crippen LogP contribution in [-0.4, -0.2) is 0 Å². The van der Waals surface area contributed by atoms with Crippen LogP contribution in [0.25, 0.3) is 0 Å². The Bertz CT molecular complexity index is 848. The highest BCUT2D eigenvalue weighted by molar-refractivity contribution is 7.57. The van der Waals surface area contributed by atoms with Crippen LogP contribution in [-0.2, 0) is 0 Å². The lowest BCUT2D eigenvalue weighted by molar-refractivity contribution is 0.493. The fourth-order valence-electron chi connectivity index (χ4n) is 3.26. The zero-order valence-electron chi connectivity index (χ0n) is 17.0. The second kappa shape index (κ2) is 8.15. The van der Waals surface area contributed by atoms with Crippen molar-refractivity contribution in [3.05, 3.63) is 88.0 Å². The molecule has 0 aromatic heterocycles. The van der Waals surface area contributed by atoms with Gasteiger partial charge in [0, 0.05) is 0 Å². The maximum Gasteiger partial charge on any atom is 0.326 e. The molecule has 140 valence electrons. The fourth-order valence-corrected chi connectivity index (χ4v) is 5.11. The van der Waals surface area contributed by atoms with Crippen LogP contribution >= 0.6 is 8.38 Å². The molecule has 3 heteroatoms. The maximum atomic E-state index is 6.58. The van der Waals surface area contributed by atoms with Crippen LogP contribution in [0.4, 0.5) is 0 Å². The second-order valence-electron chi connectivity index (χ2n) is 7.12. The summed E-state index contributed by atoms with van der Waals surface area (Å²) >= 11 is 0. The van der Waals surface area contributed by atoms with Gasteiger partial charge in [0.1, 0.15) is 11.5 Å². The molecule has 0 atom stereocenters. The highest BCUT2D eigenvalue weighted by atomic mass is 31.2. The predicted octanol–water partition coefficient (Wildman–Crippen LogP) is 6.63. The summed E-state index contributed by atoms with van der Waals surface area (Å²) in [5.41, 5.74) is 6.88. The molecule has 0 radical (unpaired) electrons. The van der Waals surface area contributed by atoms with Gasteiger partial charge in [-0.05, 0) is 74.9 Å². The molecule has 0 aliphatic carbocycles. The van der Waals surface area contributed by atoms with E-state index in [0.717, 1.165) is 39.1 Å². The van der Waals surface area contributed by atoms with Gasteiger partial charge in [0.25, 0.3) is 0 Å². The van der Waals surface area contributed by atoms with Crippen molar-refractivity contribution in [2.24, 2.45) is 0 Å². The number of hydrogen-bond donors (Lipinski definition) is 0. The van der Waals surface area contributed by atoms with E-state index in [9.17, 15) is 0 Å². The zero-order valence-corrected chi connectivity index (χ0v) is 17.9. The van der Waals surface area contributed by atoms with Gasteiger partial charge in [-0.3, -0.25) is 0 Å². The van der Waals surface area contributed by atoms with Crippen LogP contribution in [0, 0.1) is 41.5 Å². The van der Waals surface area contributed by atoms with Crippen LogP contribution in [0.15, 0.2) is 54.6 Å². The zero-order chi connectivity index (χ0) is 19.6. The standard InChI is InChI=1S/C24H27O2P/c1-16-10-7-11-17(2)22(16)25-27(24-20(5)14-9-15-21(24)6)26-23-18(3)12-8-13-19(23)4/h7-15H,1-6H3. The molecular formula is C24H27O2P. The summed E-state index contributed by atoms with van der Waals surface area (Å²) in [4.78, 5) is 0. The van der Waals surface area contributed by atoms with Crippen LogP contribution in [0.5, 0.6) is 11.5 Å². The van der Waals surface area contributed by atoms with Gasteiger partial charge in [0.05, 0.1) is 5.30 Å². The summed E-state index contributed by atoms with van der Waals surface area (Å²) in [7, 11) is -1.31. The lowest BCUT2D eigenvalue weighted by Gasteiger charge is -2.25. The summed E-state index contributed by atoms with van der Waals surface area (Å²) < 4.78 is 13.2. The summed E-state index contributed by atoms with van der Waals surface area (Å²) in [5.74, 6) is 1.83. The third kappa shape index (κ3) is 4.17. The van der Waals surface area contributed by atoms with Crippen molar-refractivity contribution in [3.63, 3.8) is 0 Å². The topological polar surface area (TPSA) is 18.5 Å². The first kappa shape index (κ1) is 19.5. The van der Waals surface area contributed by atoms with Crippen molar-refractivity contribution >= 4 is 13.7 Å². The number of para-hydroxylation sites is 2. The van der Waals surface area contributed by atoms with Gasteiger partial charge >= 0.3 is 8.38 Å². The number of hydrogen-bond acceptors (Lipinski definition) is 2. The van der Waals surface area contributed by atoms with E-state index in [1.165, 1.54) is 11.1 Å². The highest BCUT2D eigenvalue weighted by Gasteiger charge is 2.25. The molecule has 0 aliphatic heterocycles. The molecule has 27 heavy (non-hydrogen) atoms. The minimum absolute atomic E-state index is 0.914. The molecule has 0 saturated carbocycles. The maximum absolute atomic E-state index is 6.58. The molecule has 0 N–H and O–H groups in total. The molecule has 3 aromatic carbocycles. The van der Waals surface area contributed by atoms with E-state index in [0.29, 0.717) is 0 Å². The van der Waals surface area contributed by atoms with Crippen molar-refractivity contribution in [3.8, 4) is 11.5 Å². The molecule has 0 heterocycles. The minimum Gasteiger partial charge on any atom is -0.435 e. The minimum atomic E-state index is -1.31. The summed E-state index contributed by atoms with van der Waals surface area (Å²) in [6, 6.07) is 18.8. The Kier molecular flexibility index (Phi) is 5.87. The SMILES string of the molecule is Cc1cccc(C)c1OP(Oc1c(C)cccc1C)c1c(C)cccc1C. The average molecular weight is 378 g/mol. The number of aryl methyl sites for hydroxylation is 6. The van der Waals surface area contributed by atoms with E-state index >= 15 is 0 Å². The van der Waals surface area contributed by atoms with E-state index in [4.69, 9.17) is 9.05 Å². The van der Waals surface area contributed by atoms with Crippen molar-refractivity contribution < 1.29 is 9.05 Å². The van der Waals surface area contributed by atoms with E-state index in [-0.39, 0.29) is 0 Å². The number of rotatable bonds is 5. The molecule has 0 spiro atoms. The van der Waals surface area contributed by atoms with Gasteiger partial charge in [-0.2, -0.15) is 0 Å². The highest BCUT2D eigenvalue weighted by Crippen LogP contribution is 2.45. The first-order chi connectivity index (χ1) is 12.9. The Balaban J connectivity index is 2.10. The van der Waals surface area contributed by atoms with Gasteiger partial charge in [-0.25, -0.2) is 0 Å². The monoisotopic (exact) mass is 378 g/mol. The molecule has 0 unspecified atom stereocenters. The Morgan fingerprint density at radius 3 is 1.11 bits per heavy atom. The van der Waals surface area contributed by atoms with E-state index in [1.807, 2.05) is 0 Å².